The fourth-order valence-corrected chi connectivity index (χ4v) is 5.68. The lowest BCUT2D eigenvalue weighted by atomic mass is 9.69. The number of fused-ring (bicyclic) bond motifs is 5. The number of aryl methyl sites for hydroxylation is 1. The summed E-state index contributed by atoms with van der Waals surface area (Å²) in [6, 6.07) is 7.24. The molecule has 2 bridgehead atoms. The highest BCUT2D eigenvalue weighted by Crippen LogP contribution is 2.46. The van der Waals surface area contributed by atoms with Gasteiger partial charge in [-0.3, -0.25) is 9.78 Å². The summed E-state index contributed by atoms with van der Waals surface area (Å²) in [6.45, 7) is 1.53. The van der Waals surface area contributed by atoms with Gasteiger partial charge < -0.3 is 30.0 Å². The second kappa shape index (κ2) is 11.8. The zero-order chi connectivity index (χ0) is 26.9. The number of aromatic nitrogens is 3. The standard InChI is InChI=1S/C28H32FN5O5.ClH/c29-20-15-30-21-3-5-24(37-13-1-12-35)34-25(21)19(20)6-7-28-10-8-27(9-11-28,17-39-28)31-14-18-2-4-22-26(32-18)33-23(36)16-38-22;/h2-5,15,31,35H,1,6-14,16-17H2,(H,32,33,36);1H. The van der Waals surface area contributed by atoms with Crippen molar-refractivity contribution in [1.82, 2.24) is 20.3 Å². The van der Waals surface area contributed by atoms with Crippen LogP contribution in [0.5, 0.6) is 11.6 Å². The van der Waals surface area contributed by atoms with Crippen LogP contribution in [0.2, 0.25) is 0 Å². The van der Waals surface area contributed by atoms with Gasteiger partial charge in [0.05, 0.1) is 41.7 Å². The summed E-state index contributed by atoms with van der Waals surface area (Å²) in [7, 11) is 0. The van der Waals surface area contributed by atoms with Gasteiger partial charge in [0.25, 0.3) is 5.91 Å². The maximum absolute atomic E-state index is 14.9. The molecular formula is C28H33ClFN5O5. The van der Waals surface area contributed by atoms with E-state index < -0.39 is 0 Å². The number of hydrogen-bond acceptors (Lipinski definition) is 9. The van der Waals surface area contributed by atoms with Crippen LogP contribution in [0.15, 0.2) is 30.5 Å². The number of pyridine rings is 3. The van der Waals surface area contributed by atoms with Gasteiger partial charge in [-0.1, -0.05) is 0 Å². The van der Waals surface area contributed by atoms with Crippen molar-refractivity contribution in [3.63, 3.8) is 0 Å². The van der Waals surface area contributed by atoms with Crippen molar-refractivity contribution in [3.05, 3.63) is 47.5 Å². The van der Waals surface area contributed by atoms with Crippen LogP contribution in [0.4, 0.5) is 10.2 Å². The highest BCUT2D eigenvalue weighted by molar-refractivity contribution is 5.94. The molecule has 0 aromatic carbocycles. The Hall–Kier alpha value is -3.12. The smallest absolute Gasteiger partial charge is 0.263 e. The van der Waals surface area contributed by atoms with Crippen molar-refractivity contribution in [2.24, 2.45) is 0 Å². The van der Waals surface area contributed by atoms with Crippen molar-refractivity contribution in [3.8, 4) is 11.6 Å². The average molecular weight is 574 g/mol. The highest BCUT2D eigenvalue weighted by Gasteiger charge is 2.49. The van der Waals surface area contributed by atoms with E-state index in [-0.39, 0.29) is 48.5 Å². The van der Waals surface area contributed by atoms with Gasteiger partial charge in [-0.15, -0.1) is 12.4 Å². The van der Waals surface area contributed by atoms with E-state index in [1.165, 1.54) is 6.20 Å². The number of hydrogen-bond donors (Lipinski definition) is 3. The van der Waals surface area contributed by atoms with Crippen molar-refractivity contribution in [2.75, 3.05) is 31.7 Å². The Balaban J connectivity index is 0.00000323. The van der Waals surface area contributed by atoms with Crippen LogP contribution in [-0.4, -0.2) is 63.5 Å². The van der Waals surface area contributed by atoms with Crippen LogP contribution >= 0.6 is 12.4 Å². The number of rotatable bonds is 10. The largest absolute Gasteiger partial charge is 0.480 e. The van der Waals surface area contributed by atoms with E-state index >= 15 is 0 Å². The third-order valence-electron chi connectivity index (χ3n) is 8.07. The number of carbonyl (C=O) groups excluding carboxylic acids is 1. The predicted octanol–water partition coefficient (Wildman–Crippen LogP) is 3.48. The minimum atomic E-state index is -0.374. The van der Waals surface area contributed by atoms with Crippen molar-refractivity contribution < 1.29 is 28.5 Å². The number of anilines is 1. The molecule has 7 rings (SSSR count). The van der Waals surface area contributed by atoms with Crippen molar-refractivity contribution in [1.29, 1.82) is 0 Å². The second-order valence-corrected chi connectivity index (χ2v) is 10.6. The number of aliphatic hydroxyl groups is 1. The van der Waals surface area contributed by atoms with Gasteiger partial charge in [-0.05, 0) is 56.7 Å². The molecule has 1 saturated carbocycles. The zero-order valence-corrected chi connectivity index (χ0v) is 22.9. The molecular weight excluding hydrogens is 541 g/mol. The molecule has 3 fully saturated rings. The first-order valence-corrected chi connectivity index (χ1v) is 13.5. The van der Waals surface area contributed by atoms with E-state index in [0.29, 0.717) is 73.1 Å². The van der Waals surface area contributed by atoms with Gasteiger partial charge in [0.15, 0.2) is 18.2 Å². The summed E-state index contributed by atoms with van der Waals surface area (Å²) in [5, 5.41) is 15.4. The Morgan fingerprint density at radius 2 is 2.00 bits per heavy atom. The normalized spacial score (nSPS) is 23.2. The predicted molar refractivity (Wildman–Crippen MR) is 147 cm³/mol. The van der Waals surface area contributed by atoms with Crippen LogP contribution in [0.1, 0.15) is 49.8 Å². The van der Waals surface area contributed by atoms with Gasteiger partial charge >= 0.3 is 0 Å². The highest BCUT2D eigenvalue weighted by atomic mass is 35.5. The van der Waals surface area contributed by atoms with E-state index in [9.17, 15) is 9.18 Å². The molecule has 0 spiro atoms. The molecule has 4 aliphatic rings. The molecule has 0 unspecified atom stereocenters. The number of carbonyl (C=O) groups is 1. The minimum absolute atomic E-state index is 0. The second-order valence-electron chi connectivity index (χ2n) is 10.6. The van der Waals surface area contributed by atoms with Crippen molar-refractivity contribution >= 4 is 35.2 Å². The van der Waals surface area contributed by atoms with E-state index in [4.69, 9.17) is 19.3 Å². The quantitative estimate of drug-likeness (QED) is 0.312. The topological polar surface area (TPSA) is 128 Å². The molecule has 3 aliphatic heterocycles. The average Bonchev–Trinajstić information content (AvgIpc) is 2.96. The molecule has 40 heavy (non-hydrogen) atoms. The first-order valence-electron chi connectivity index (χ1n) is 13.5. The van der Waals surface area contributed by atoms with E-state index in [2.05, 4.69) is 25.6 Å². The van der Waals surface area contributed by atoms with E-state index in [1.807, 2.05) is 12.1 Å². The first-order chi connectivity index (χ1) is 19.0. The summed E-state index contributed by atoms with van der Waals surface area (Å²) in [5.41, 5.74) is 2.07. The molecule has 3 aromatic rings. The van der Waals surface area contributed by atoms with Gasteiger partial charge in [-0.25, -0.2) is 14.4 Å². The molecule has 10 nitrogen and oxygen atoms in total. The molecule has 0 atom stereocenters. The molecule has 2 saturated heterocycles. The van der Waals surface area contributed by atoms with Crippen LogP contribution in [0.25, 0.3) is 11.0 Å². The maximum Gasteiger partial charge on any atom is 0.263 e. The Labute approximate surface area is 237 Å². The van der Waals surface area contributed by atoms with Crippen LogP contribution in [0.3, 0.4) is 0 Å². The Morgan fingerprint density at radius 3 is 2.77 bits per heavy atom. The SMILES string of the molecule is Cl.O=C1COc2ccc(CNC34CCC(CCc5c(F)cnc6ccc(OCCCO)nc56)(CC3)OC4)nc2N1. The molecule has 0 radical (unpaired) electrons. The maximum atomic E-state index is 14.9. The number of aliphatic hydroxyl groups excluding tert-OH is 1. The van der Waals surface area contributed by atoms with E-state index in [1.54, 1.807) is 12.1 Å². The summed E-state index contributed by atoms with van der Waals surface area (Å²) in [5.74, 6) is 0.860. The Morgan fingerprint density at radius 1 is 1.15 bits per heavy atom. The summed E-state index contributed by atoms with van der Waals surface area (Å²) < 4.78 is 32.4. The van der Waals surface area contributed by atoms with Gasteiger partial charge in [0, 0.05) is 36.7 Å². The molecule has 12 heteroatoms. The number of ether oxygens (including phenoxy) is 3. The monoisotopic (exact) mass is 573 g/mol. The van der Waals surface area contributed by atoms with Gasteiger partial charge in [-0.2, -0.15) is 0 Å². The molecule has 214 valence electrons. The van der Waals surface area contributed by atoms with E-state index in [0.717, 1.165) is 31.4 Å². The Bertz CT molecular complexity index is 1370. The number of nitrogens with zero attached hydrogens (tertiary/aromatic N) is 3. The lowest BCUT2D eigenvalue weighted by Crippen LogP contribution is -2.61. The third-order valence-corrected chi connectivity index (χ3v) is 8.07. The summed E-state index contributed by atoms with van der Waals surface area (Å²) in [4.78, 5) is 24.9. The fraction of sp³-hybridized carbons (Fsp3) is 0.500. The lowest BCUT2D eigenvalue weighted by Gasteiger charge is -2.53. The summed E-state index contributed by atoms with van der Waals surface area (Å²) >= 11 is 0. The molecule has 3 aromatic heterocycles. The number of amides is 1. The van der Waals surface area contributed by atoms with Crippen LogP contribution < -0.4 is 20.1 Å². The minimum Gasteiger partial charge on any atom is -0.480 e. The van der Waals surface area contributed by atoms with Crippen molar-refractivity contribution in [2.45, 2.75) is 62.6 Å². The van der Waals surface area contributed by atoms with Crippen LogP contribution in [0, 0.1) is 5.82 Å². The molecule has 3 N–H and O–H groups in total. The van der Waals surface area contributed by atoms with Gasteiger partial charge in [0.2, 0.25) is 5.88 Å². The lowest BCUT2D eigenvalue weighted by molar-refractivity contribution is -0.165. The molecule has 1 aliphatic carbocycles. The number of nitrogens with one attached hydrogen (secondary N) is 2. The van der Waals surface area contributed by atoms with Gasteiger partial charge in [0.1, 0.15) is 5.82 Å². The zero-order valence-electron chi connectivity index (χ0n) is 22.1. The fourth-order valence-electron chi connectivity index (χ4n) is 5.68. The summed E-state index contributed by atoms with van der Waals surface area (Å²) in [6.07, 6.45) is 6.63. The third kappa shape index (κ3) is 5.83. The molecule has 1 amide bonds. The van der Waals surface area contributed by atoms with Crippen LogP contribution in [-0.2, 0) is 22.5 Å². The first kappa shape index (κ1) is 28.4. The molecule has 6 heterocycles. The number of halogens is 2. The Kier molecular flexibility index (Phi) is 8.37.